The molecule has 1 aromatic carbocycles. The fourth-order valence-electron chi connectivity index (χ4n) is 4.37. The molecule has 2 rings (SSSR count). The summed E-state index contributed by atoms with van der Waals surface area (Å²) in [4.78, 5) is 15.3. The van der Waals surface area contributed by atoms with E-state index in [0.29, 0.717) is 5.92 Å². The van der Waals surface area contributed by atoms with E-state index in [-0.39, 0.29) is 23.8 Å². The lowest BCUT2D eigenvalue weighted by atomic mass is 9.78. The van der Waals surface area contributed by atoms with Crippen LogP contribution >= 0.6 is 0 Å². The summed E-state index contributed by atoms with van der Waals surface area (Å²) in [6.07, 6.45) is 5.06. The Kier molecular flexibility index (Phi) is 6.45. The van der Waals surface area contributed by atoms with Crippen LogP contribution in [0, 0.1) is 5.92 Å². The maximum absolute atomic E-state index is 13.2. The number of hydrogen-bond donors (Lipinski definition) is 0. The van der Waals surface area contributed by atoms with Gasteiger partial charge in [-0.05, 0) is 37.8 Å². The zero-order chi connectivity index (χ0) is 17.7. The standard InChI is InChI=1S/C21H33NO2/c1-6-14-21(15-7-2)19(16(4)8-3)22(17(5)24-21)20(23)18-12-10-9-11-13-18/h9-13,16-17,19H,6-8,14-15H2,1-5H3/t16?,17?,19-/m0/s1. The topological polar surface area (TPSA) is 29.5 Å². The van der Waals surface area contributed by atoms with Crippen LogP contribution in [0.1, 0.15) is 77.1 Å². The first-order valence-electron chi connectivity index (χ1n) is 9.56. The molecule has 0 saturated carbocycles. The number of nitrogens with zero attached hydrogens (tertiary/aromatic N) is 1. The summed E-state index contributed by atoms with van der Waals surface area (Å²) >= 11 is 0. The van der Waals surface area contributed by atoms with Crippen LogP contribution in [-0.2, 0) is 4.74 Å². The molecule has 24 heavy (non-hydrogen) atoms. The van der Waals surface area contributed by atoms with Gasteiger partial charge in [0.05, 0.1) is 11.6 Å². The van der Waals surface area contributed by atoms with Gasteiger partial charge < -0.3 is 9.64 Å². The quantitative estimate of drug-likeness (QED) is 0.682. The Morgan fingerprint density at radius 1 is 1.17 bits per heavy atom. The first kappa shape index (κ1) is 19.0. The van der Waals surface area contributed by atoms with Crippen molar-refractivity contribution >= 4 is 5.91 Å². The molecule has 1 saturated heterocycles. The van der Waals surface area contributed by atoms with E-state index in [9.17, 15) is 4.79 Å². The van der Waals surface area contributed by atoms with Crippen molar-refractivity contribution in [3.8, 4) is 0 Å². The molecule has 3 heteroatoms. The molecule has 1 heterocycles. The van der Waals surface area contributed by atoms with Crippen LogP contribution in [0.5, 0.6) is 0 Å². The average molecular weight is 332 g/mol. The SMILES string of the molecule is CCCC1(CCC)OC(C)N(C(=O)c2ccccc2)[C@H]1C(C)CC. The highest BCUT2D eigenvalue weighted by molar-refractivity contribution is 5.94. The van der Waals surface area contributed by atoms with Gasteiger partial charge in [-0.25, -0.2) is 0 Å². The molecule has 0 spiro atoms. The van der Waals surface area contributed by atoms with Crippen molar-refractivity contribution in [2.24, 2.45) is 5.92 Å². The summed E-state index contributed by atoms with van der Waals surface area (Å²) in [5, 5.41) is 0. The van der Waals surface area contributed by atoms with Crippen molar-refractivity contribution < 1.29 is 9.53 Å². The maximum atomic E-state index is 13.2. The number of carbonyl (C=O) groups excluding carboxylic acids is 1. The molecule has 0 aliphatic carbocycles. The van der Waals surface area contributed by atoms with Crippen LogP contribution in [0.15, 0.2) is 30.3 Å². The minimum absolute atomic E-state index is 0.0995. The predicted octanol–water partition coefficient (Wildman–Crippen LogP) is 5.26. The van der Waals surface area contributed by atoms with Crippen molar-refractivity contribution in [3.63, 3.8) is 0 Å². The average Bonchev–Trinajstić information content (AvgIpc) is 2.87. The van der Waals surface area contributed by atoms with Gasteiger partial charge in [-0.15, -0.1) is 0 Å². The summed E-state index contributed by atoms with van der Waals surface area (Å²) in [5.41, 5.74) is 0.549. The lowest BCUT2D eigenvalue weighted by molar-refractivity contribution is -0.0628. The minimum Gasteiger partial charge on any atom is -0.350 e. The normalized spacial score (nSPS) is 24.1. The van der Waals surface area contributed by atoms with Gasteiger partial charge in [-0.1, -0.05) is 65.2 Å². The summed E-state index contributed by atoms with van der Waals surface area (Å²) in [7, 11) is 0. The van der Waals surface area contributed by atoms with Gasteiger partial charge >= 0.3 is 0 Å². The highest BCUT2D eigenvalue weighted by Crippen LogP contribution is 2.44. The molecule has 2 unspecified atom stereocenters. The Morgan fingerprint density at radius 2 is 1.75 bits per heavy atom. The molecular formula is C21H33NO2. The fraction of sp³-hybridized carbons (Fsp3) is 0.667. The van der Waals surface area contributed by atoms with E-state index in [1.54, 1.807) is 0 Å². The van der Waals surface area contributed by atoms with Crippen LogP contribution in [0.4, 0.5) is 0 Å². The largest absolute Gasteiger partial charge is 0.350 e. The Morgan fingerprint density at radius 3 is 2.25 bits per heavy atom. The van der Waals surface area contributed by atoms with E-state index < -0.39 is 0 Å². The monoisotopic (exact) mass is 331 g/mol. The zero-order valence-electron chi connectivity index (χ0n) is 15.9. The molecule has 134 valence electrons. The fourth-order valence-corrected chi connectivity index (χ4v) is 4.37. The molecule has 1 aliphatic heterocycles. The van der Waals surface area contributed by atoms with Gasteiger partial charge in [0, 0.05) is 5.56 Å². The second-order valence-corrected chi connectivity index (χ2v) is 7.19. The number of rotatable bonds is 7. The van der Waals surface area contributed by atoms with Crippen molar-refractivity contribution in [1.29, 1.82) is 0 Å². The number of amides is 1. The molecule has 1 amide bonds. The van der Waals surface area contributed by atoms with Crippen LogP contribution in [-0.4, -0.2) is 28.7 Å². The second kappa shape index (κ2) is 8.15. The minimum atomic E-state index is -0.206. The van der Waals surface area contributed by atoms with E-state index in [1.165, 1.54) is 0 Å². The molecule has 0 radical (unpaired) electrons. The summed E-state index contributed by atoms with van der Waals surface area (Å²) in [6, 6.07) is 9.76. The number of benzene rings is 1. The Bertz CT molecular complexity index is 522. The third kappa shape index (κ3) is 3.51. The number of ether oxygens (including phenoxy) is 1. The number of carbonyl (C=O) groups is 1. The Balaban J connectivity index is 2.43. The van der Waals surface area contributed by atoms with Gasteiger partial charge in [-0.2, -0.15) is 0 Å². The molecule has 1 aromatic rings. The maximum Gasteiger partial charge on any atom is 0.256 e. The first-order valence-corrected chi connectivity index (χ1v) is 9.56. The highest BCUT2D eigenvalue weighted by Gasteiger charge is 2.54. The van der Waals surface area contributed by atoms with E-state index in [1.807, 2.05) is 42.2 Å². The molecule has 3 atom stereocenters. The first-order chi connectivity index (χ1) is 11.5. The smallest absolute Gasteiger partial charge is 0.256 e. The van der Waals surface area contributed by atoms with E-state index in [2.05, 4.69) is 27.7 Å². The molecule has 1 fully saturated rings. The van der Waals surface area contributed by atoms with Crippen molar-refractivity contribution in [3.05, 3.63) is 35.9 Å². The van der Waals surface area contributed by atoms with Gasteiger partial charge in [0.15, 0.2) is 0 Å². The van der Waals surface area contributed by atoms with E-state index >= 15 is 0 Å². The Hall–Kier alpha value is -1.35. The summed E-state index contributed by atoms with van der Waals surface area (Å²) < 4.78 is 6.53. The molecular weight excluding hydrogens is 298 g/mol. The van der Waals surface area contributed by atoms with Crippen molar-refractivity contribution in [2.45, 2.75) is 84.6 Å². The third-order valence-corrected chi connectivity index (χ3v) is 5.42. The van der Waals surface area contributed by atoms with Crippen LogP contribution < -0.4 is 0 Å². The Labute approximate surface area is 147 Å². The van der Waals surface area contributed by atoms with Gasteiger partial charge in [0.1, 0.15) is 6.23 Å². The predicted molar refractivity (Wildman–Crippen MR) is 98.9 cm³/mol. The van der Waals surface area contributed by atoms with Gasteiger partial charge in [0.2, 0.25) is 0 Å². The van der Waals surface area contributed by atoms with E-state index in [0.717, 1.165) is 37.7 Å². The third-order valence-electron chi connectivity index (χ3n) is 5.42. The molecule has 0 bridgehead atoms. The molecule has 3 nitrogen and oxygen atoms in total. The van der Waals surface area contributed by atoms with E-state index in [4.69, 9.17) is 4.74 Å². The molecule has 1 aliphatic rings. The van der Waals surface area contributed by atoms with Crippen LogP contribution in [0.3, 0.4) is 0 Å². The summed E-state index contributed by atoms with van der Waals surface area (Å²) in [5.74, 6) is 0.517. The zero-order valence-corrected chi connectivity index (χ0v) is 15.9. The lowest BCUT2D eigenvalue weighted by Gasteiger charge is -2.39. The second-order valence-electron chi connectivity index (χ2n) is 7.19. The summed E-state index contributed by atoms with van der Waals surface area (Å²) in [6.45, 7) is 10.9. The van der Waals surface area contributed by atoms with Gasteiger partial charge in [0.25, 0.3) is 5.91 Å². The van der Waals surface area contributed by atoms with Crippen molar-refractivity contribution in [2.75, 3.05) is 0 Å². The number of hydrogen-bond acceptors (Lipinski definition) is 2. The van der Waals surface area contributed by atoms with Crippen LogP contribution in [0.2, 0.25) is 0 Å². The molecule has 0 N–H and O–H groups in total. The highest BCUT2D eigenvalue weighted by atomic mass is 16.5. The molecule has 0 aromatic heterocycles. The van der Waals surface area contributed by atoms with Crippen molar-refractivity contribution in [1.82, 2.24) is 4.90 Å². The lowest BCUT2D eigenvalue weighted by Crippen LogP contribution is -2.51. The van der Waals surface area contributed by atoms with Crippen LogP contribution in [0.25, 0.3) is 0 Å². The van der Waals surface area contributed by atoms with Gasteiger partial charge in [-0.3, -0.25) is 4.79 Å².